The fourth-order valence-corrected chi connectivity index (χ4v) is 3.03. The molecule has 0 bridgehead atoms. The van der Waals surface area contributed by atoms with Crippen LogP contribution in [-0.4, -0.2) is 27.2 Å². The first-order chi connectivity index (χ1) is 7.74. The summed E-state index contributed by atoms with van der Waals surface area (Å²) in [5, 5.41) is 0. The Labute approximate surface area is 102 Å². The highest BCUT2D eigenvalue weighted by Gasteiger charge is 2.33. The van der Waals surface area contributed by atoms with Crippen molar-refractivity contribution in [3.8, 4) is 0 Å². The molecule has 0 aromatic carbocycles. The third-order valence-electron chi connectivity index (χ3n) is 2.78. The lowest BCUT2D eigenvalue weighted by Gasteiger charge is -2.17. The Morgan fingerprint density at radius 1 is 1.47 bits per heavy atom. The van der Waals surface area contributed by atoms with E-state index in [-0.39, 0.29) is 18.1 Å². The van der Waals surface area contributed by atoms with Crippen molar-refractivity contribution in [1.29, 1.82) is 0 Å². The van der Waals surface area contributed by atoms with Crippen LogP contribution in [-0.2, 0) is 14.9 Å². The van der Waals surface area contributed by atoms with Gasteiger partial charge in [-0.05, 0) is 31.6 Å². The summed E-state index contributed by atoms with van der Waals surface area (Å²) >= 11 is 0. The van der Waals surface area contributed by atoms with Crippen LogP contribution < -0.4 is 9.44 Å². The van der Waals surface area contributed by atoms with Crippen LogP contribution in [0.25, 0.3) is 0 Å². The van der Waals surface area contributed by atoms with Crippen molar-refractivity contribution < 1.29 is 17.9 Å². The Balaban J connectivity index is 2.48. The summed E-state index contributed by atoms with van der Waals surface area (Å²) in [6, 6.07) is -0.114. The second-order valence-electron chi connectivity index (χ2n) is 5.05. The van der Waals surface area contributed by atoms with Gasteiger partial charge in [0, 0.05) is 6.04 Å². The summed E-state index contributed by atoms with van der Waals surface area (Å²) in [6.45, 7) is 5.94. The van der Waals surface area contributed by atoms with Crippen molar-refractivity contribution in [2.75, 3.05) is 6.61 Å². The zero-order valence-corrected chi connectivity index (χ0v) is 11.3. The molecule has 0 spiro atoms. The zero-order chi connectivity index (χ0) is 13.1. The standard InChI is InChI=1S/C10H20N2O4S/c1-4-16-9(13)12-17(14,15)11-8-5-6-10(2,3)7-8/h8,11H,4-7H2,1-3H3,(H,12,13). The third-order valence-corrected chi connectivity index (χ3v) is 3.86. The normalized spacial score (nSPS) is 23.4. The highest BCUT2D eigenvalue weighted by molar-refractivity contribution is 7.88. The average molecular weight is 264 g/mol. The fraction of sp³-hybridized carbons (Fsp3) is 0.900. The highest BCUT2D eigenvalue weighted by Crippen LogP contribution is 2.36. The number of amides is 1. The number of carbonyl (C=O) groups is 1. The first kappa shape index (κ1) is 14.2. The van der Waals surface area contributed by atoms with E-state index >= 15 is 0 Å². The topological polar surface area (TPSA) is 84.5 Å². The van der Waals surface area contributed by atoms with Gasteiger partial charge < -0.3 is 4.74 Å². The summed E-state index contributed by atoms with van der Waals surface area (Å²) in [6.07, 6.45) is 1.59. The van der Waals surface area contributed by atoms with Crippen LogP contribution in [0.3, 0.4) is 0 Å². The van der Waals surface area contributed by atoms with Gasteiger partial charge >= 0.3 is 16.3 Å². The molecule has 1 aliphatic rings. The van der Waals surface area contributed by atoms with Crippen LogP contribution in [0, 0.1) is 5.41 Å². The minimum absolute atomic E-state index is 0.114. The molecule has 1 rings (SSSR count). The number of rotatable bonds is 4. The molecule has 1 aliphatic carbocycles. The van der Waals surface area contributed by atoms with Crippen LogP contribution in [0.2, 0.25) is 0 Å². The summed E-state index contributed by atoms with van der Waals surface area (Å²) in [7, 11) is -3.81. The molecule has 1 amide bonds. The lowest BCUT2D eigenvalue weighted by Crippen LogP contribution is -2.44. The van der Waals surface area contributed by atoms with Crippen LogP contribution in [0.1, 0.15) is 40.0 Å². The minimum Gasteiger partial charge on any atom is -0.449 e. The molecule has 17 heavy (non-hydrogen) atoms. The van der Waals surface area contributed by atoms with Crippen molar-refractivity contribution in [1.82, 2.24) is 9.44 Å². The van der Waals surface area contributed by atoms with E-state index in [1.54, 1.807) is 6.92 Å². The number of carbonyl (C=O) groups excluding carboxylic acids is 1. The molecule has 0 heterocycles. The maximum Gasteiger partial charge on any atom is 0.421 e. The molecule has 0 saturated heterocycles. The van der Waals surface area contributed by atoms with Gasteiger partial charge in [-0.15, -0.1) is 0 Å². The lowest BCUT2D eigenvalue weighted by molar-refractivity contribution is 0.158. The van der Waals surface area contributed by atoms with E-state index in [1.165, 1.54) is 0 Å². The van der Waals surface area contributed by atoms with E-state index in [2.05, 4.69) is 23.3 Å². The van der Waals surface area contributed by atoms with E-state index in [1.807, 2.05) is 4.72 Å². The summed E-state index contributed by atoms with van der Waals surface area (Å²) < 4.78 is 31.9. The van der Waals surface area contributed by atoms with Gasteiger partial charge in [-0.3, -0.25) is 0 Å². The summed E-state index contributed by atoms with van der Waals surface area (Å²) in [5.41, 5.74) is 0.150. The SMILES string of the molecule is CCOC(=O)NS(=O)(=O)NC1CCC(C)(C)C1. The van der Waals surface area contributed by atoms with Gasteiger partial charge in [-0.1, -0.05) is 13.8 Å². The predicted molar refractivity (Wildman–Crippen MR) is 63.6 cm³/mol. The second kappa shape index (κ2) is 5.22. The van der Waals surface area contributed by atoms with E-state index in [9.17, 15) is 13.2 Å². The van der Waals surface area contributed by atoms with Gasteiger partial charge in [0.15, 0.2) is 0 Å². The Bertz CT molecular complexity index is 378. The molecule has 1 saturated carbocycles. The van der Waals surface area contributed by atoms with Gasteiger partial charge in [0.1, 0.15) is 0 Å². The Hall–Kier alpha value is -0.820. The van der Waals surface area contributed by atoms with E-state index < -0.39 is 16.3 Å². The first-order valence-corrected chi connectivity index (χ1v) is 7.19. The summed E-state index contributed by atoms with van der Waals surface area (Å²) in [4.78, 5) is 11.0. The van der Waals surface area contributed by atoms with Crippen LogP contribution in [0.15, 0.2) is 0 Å². The maximum absolute atomic E-state index is 11.6. The number of nitrogens with one attached hydrogen (secondary N) is 2. The lowest BCUT2D eigenvalue weighted by atomic mass is 9.92. The first-order valence-electron chi connectivity index (χ1n) is 5.71. The zero-order valence-electron chi connectivity index (χ0n) is 10.4. The molecule has 6 nitrogen and oxygen atoms in total. The van der Waals surface area contributed by atoms with Gasteiger partial charge in [-0.2, -0.15) is 13.1 Å². The van der Waals surface area contributed by atoms with Crippen molar-refractivity contribution in [3.63, 3.8) is 0 Å². The molecule has 1 unspecified atom stereocenters. The third kappa shape index (κ3) is 4.91. The maximum atomic E-state index is 11.6. The molecule has 100 valence electrons. The van der Waals surface area contributed by atoms with Gasteiger partial charge in [0.2, 0.25) is 0 Å². The van der Waals surface area contributed by atoms with Crippen molar-refractivity contribution in [2.45, 2.75) is 46.1 Å². The Morgan fingerprint density at radius 3 is 2.59 bits per heavy atom. The van der Waals surface area contributed by atoms with Crippen LogP contribution in [0.4, 0.5) is 4.79 Å². The van der Waals surface area contributed by atoms with Gasteiger partial charge in [0.25, 0.3) is 0 Å². The number of hydrogen-bond acceptors (Lipinski definition) is 4. The molecule has 0 aromatic heterocycles. The molecule has 0 aromatic rings. The molecule has 7 heteroatoms. The second-order valence-corrected chi connectivity index (χ2v) is 6.49. The fourth-order valence-electron chi connectivity index (χ4n) is 2.06. The van der Waals surface area contributed by atoms with Crippen LogP contribution in [0.5, 0.6) is 0 Å². The molecule has 0 aliphatic heterocycles. The number of hydrogen-bond donors (Lipinski definition) is 2. The molecule has 2 N–H and O–H groups in total. The molecular formula is C10H20N2O4S. The van der Waals surface area contributed by atoms with E-state index in [0.29, 0.717) is 0 Å². The minimum atomic E-state index is -3.81. The monoisotopic (exact) mass is 264 g/mol. The number of ether oxygens (including phenoxy) is 1. The molecule has 0 radical (unpaired) electrons. The van der Waals surface area contributed by atoms with Crippen molar-refractivity contribution >= 4 is 16.3 Å². The quantitative estimate of drug-likeness (QED) is 0.797. The average Bonchev–Trinajstić information content (AvgIpc) is 2.43. The van der Waals surface area contributed by atoms with Crippen molar-refractivity contribution in [2.24, 2.45) is 5.41 Å². The van der Waals surface area contributed by atoms with Gasteiger partial charge in [0.05, 0.1) is 6.61 Å². The highest BCUT2D eigenvalue weighted by atomic mass is 32.2. The van der Waals surface area contributed by atoms with Crippen molar-refractivity contribution in [3.05, 3.63) is 0 Å². The predicted octanol–water partition coefficient (Wildman–Crippen LogP) is 1.15. The molecule has 1 fully saturated rings. The summed E-state index contributed by atoms with van der Waals surface area (Å²) in [5.74, 6) is 0. The van der Waals surface area contributed by atoms with E-state index in [4.69, 9.17) is 0 Å². The molecular weight excluding hydrogens is 244 g/mol. The van der Waals surface area contributed by atoms with Crippen LogP contribution >= 0.6 is 0 Å². The van der Waals surface area contributed by atoms with E-state index in [0.717, 1.165) is 19.3 Å². The van der Waals surface area contributed by atoms with Gasteiger partial charge in [-0.25, -0.2) is 9.52 Å². The Morgan fingerprint density at radius 2 is 2.12 bits per heavy atom. The smallest absolute Gasteiger partial charge is 0.421 e. The Kier molecular flexibility index (Phi) is 4.37. The largest absolute Gasteiger partial charge is 0.449 e. The molecule has 1 atom stereocenters.